The van der Waals surface area contributed by atoms with Crippen LogP contribution in [-0.4, -0.2) is 31.3 Å². The van der Waals surface area contributed by atoms with Gasteiger partial charge in [-0.25, -0.2) is 4.79 Å². The molecule has 2 aromatic rings. The Morgan fingerprint density at radius 1 is 1.11 bits per heavy atom. The summed E-state index contributed by atoms with van der Waals surface area (Å²) in [5.74, 6) is 0.0899. The van der Waals surface area contributed by atoms with Crippen LogP contribution in [0.15, 0.2) is 45.8 Å². The summed E-state index contributed by atoms with van der Waals surface area (Å²) in [7, 11) is 2.97. The Labute approximate surface area is 173 Å². The Bertz CT molecular complexity index is 987. The van der Waals surface area contributed by atoms with Gasteiger partial charge in [-0.05, 0) is 75.7 Å². The lowest BCUT2D eigenvalue weighted by atomic mass is 10.1. The number of amides is 2. The van der Waals surface area contributed by atoms with Crippen molar-refractivity contribution in [1.82, 2.24) is 5.32 Å². The smallest absolute Gasteiger partial charge is 0.343 e. The molecule has 28 heavy (non-hydrogen) atoms. The zero-order valence-corrected chi connectivity index (χ0v) is 17.2. The molecular weight excluding hydrogens is 450 g/mol. The summed E-state index contributed by atoms with van der Waals surface area (Å²) in [6, 6.07) is 9.75. The molecule has 0 saturated carbocycles. The van der Waals surface area contributed by atoms with Gasteiger partial charge < -0.3 is 14.2 Å². The molecule has 0 unspecified atom stereocenters. The Kier molecular flexibility index (Phi) is 6.05. The van der Waals surface area contributed by atoms with Crippen LogP contribution >= 0.6 is 27.7 Å². The van der Waals surface area contributed by atoms with E-state index in [1.807, 2.05) is 0 Å². The molecule has 2 aromatic carbocycles. The molecule has 0 atom stereocenters. The standard InChI is InChI=1S/C19H14BrNO6S/c1-25-12-5-3-11(4-6-12)18(23)27-16-13(20)7-10(8-14(16)26-2)9-15-17(22)21-19(24)28-15/h3-9H,1-2H3,(H,21,22,24)/b15-9-. The van der Waals surface area contributed by atoms with Gasteiger partial charge in [0.25, 0.3) is 11.1 Å². The zero-order chi connectivity index (χ0) is 20.3. The molecule has 0 aliphatic carbocycles. The summed E-state index contributed by atoms with van der Waals surface area (Å²) >= 11 is 4.17. The summed E-state index contributed by atoms with van der Waals surface area (Å²) in [5.41, 5.74) is 0.943. The molecule has 0 aromatic heterocycles. The molecule has 144 valence electrons. The summed E-state index contributed by atoms with van der Waals surface area (Å²) in [4.78, 5) is 35.7. The maximum absolute atomic E-state index is 12.4. The number of nitrogens with one attached hydrogen (secondary N) is 1. The molecule has 1 saturated heterocycles. The van der Waals surface area contributed by atoms with Crippen LogP contribution in [0.4, 0.5) is 4.79 Å². The number of methoxy groups -OCH3 is 2. The van der Waals surface area contributed by atoms with E-state index in [1.165, 1.54) is 14.2 Å². The van der Waals surface area contributed by atoms with Crippen LogP contribution in [0.1, 0.15) is 15.9 Å². The minimum Gasteiger partial charge on any atom is -0.497 e. The van der Waals surface area contributed by atoms with Crippen LogP contribution in [0.3, 0.4) is 0 Å². The van der Waals surface area contributed by atoms with Gasteiger partial charge in [0.1, 0.15) is 5.75 Å². The van der Waals surface area contributed by atoms with Gasteiger partial charge in [-0.15, -0.1) is 0 Å². The third-order valence-electron chi connectivity index (χ3n) is 3.71. The van der Waals surface area contributed by atoms with E-state index in [0.717, 1.165) is 11.8 Å². The van der Waals surface area contributed by atoms with Crippen LogP contribution in [0.25, 0.3) is 6.08 Å². The van der Waals surface area contributed by atoms with Crippen LogP contribution in [0, 0.1) is 0 Å². The number of thioether (sulfide) groups is 1. The average Bonchev–Trinajstić information content (AvgIpc) is 3.00. The number of halogens is 1. The zero-order valence-electron chi connectivity index (χ0n) is 14.8. The number of imide groups is 1. The highest BCUT2D eigenvalue weighted by Crippen LogP contribution is 2.38. The molecule has 1 aliphatic rings. The van der Waals surface area contributed by atoms with Crippen molar-refractivity contribution >= 4 is 50.9 Å². The van der Waals surface area contributed by atoms with E-state index in [4.69, 9.17) is 14.2 Å². The van der Waals surface area contributed by atoms with Gasteiger partial charge in [0.05, 0.1) is 29.2 Å². The number of carbonyl (C=O) groups is 3. The number of ether oxygens (including phenoxy) is 3. The van der Waals surface area contributed by atoms with Gasteiger partial charge >= 0.3 is 5.97 Å². The van der Waals surface area contributed by atoms with Crippen molar-refractivity contribution < 1.29 is 28.6 Å². The van der Waals surface area contributed by atoms with E-state index < -0.39 is 17.1 Å². The molecule has 0 spiro atoms. The van der Waals surface area contributed by atoms with Crippen molar-refractivity contribution in [2.45, 2.75) is 0 Å². The molecule has 2 amide bonds. The fourth-order valence-corrected chi connectivity index (χ4v) is 3.60. The SMILES string of the molecule is COc1ccc(C(=O)Oc2c(Br)cc(/C=C3\SC(=O)NC3=O)cc2OC)cc1. The molecule has 0 radical (unpaired) electrons. The van der Waals surface area contributed by atoms with Crippen LogP contribution < -0.4 is 19.5 Å². The first-order valence-electron chi connectivity index (χ1n) is 7.90. The van der Waals surface area contributed by atoms with E-state index in [0.29, 0.717) is 21.3 Å². The van der Waals surface area contributed by atoms with Crippen molar-refractivity contribution in [3.8, 4) is 17.2 Å². The number of hydrogen-bond acceptors (Lipinski definition) is 7. The minimum atomic E-state index is -0.566. The molecule has 7 nitrogen and oxygen atoms in total. The maximum atomic E-state index is 12.4. The molecule has 1 fully saturated rings. The third-order valence-corrected chi connectivity index (χ3v) is 5.11. The quantitative estimate of drug-likeness (QED) is 0.406. The Morgan fingerprint density at radius 3 is 2.39 bits per heavy atom. The van der Waals surface area contributed by atoms with Crippen LogP contribution in [0.5, 0.6) is 17.2 Å². The second-order valence-corrected chi connectivity index (χ2v) is 7.37. The van der Waals surface area contributed by atoms with Crippen molar-refractivity contribution in [3.05, 3.63) is 56.9 Å². The molecule has 1 aliphatic heterocycles. The Hall–Kier alpha value is -2.78. The first kappa shape index (κ1) is 20.0. The molecule has 3 rings (SSSR count). The second-order valence-electron chi connectivity index (χ2n) is 5.50. The predicted octanol–water partition coefficient (Wildman–Crippen LogP) is 4.01. The highest BCUT2D eigenvalue weighted by atomic mass is 79.9. The fraction of sp³-hybridized carbons (Fsp3) is 0.105. The van der Waals surface area contributed by atoms with E-state index in [2.05, 4.69) is 21.2 Å². The second kappa shape index (κ2) is 8.49. The maximum Gasteiger partial charge on any atom is 0.343 e. The molecule has 0 bridgehead atoms. The molecule has 1 N–H and O–H groups in total. The first-order valence-corrected chi connectivity index (χ1v) is 9.51. The van der Waals surface area contributed by atoms with Crippen LogP contribution in [-0.2, 0) is 4.79 Å². The minimum absolute atomic E-state index is 0.199. The summed E-state index contributed by atoms with van der Waals surface area (Å²) in [6.45, 7) is 0. The summed E-state index contributed by atoms with van der Waals surface area (Å²) in [5, 5.41) is 1.77. The Balaban J connectivity index is 1.87. The Morgan fingerprint density at radius 2 is 1.82 bits per heavy atom. The normalized spacial score (nSPS) is 14.8. The van der Waals surface area contributed by atoms with Gasteiger partial charge in [0, 0.05) is 0 Å². The number of benzene rings is 2. The van der Waals surface area contributed by atoms with Crippen molar-refractivity contribution in [2.75, 3.05) is 14.2 Å². The largest absolute Gasteiger partial charge is 0.497 e. The highest BCUT2D eigenvalue weighted by molar-refractivity contribution is 9.10. The van der Waals surface area contributed by atoms with Crippen LogP contribution in [0.2, 0.25) is 0 Å². The number of rotatable bonds is 5. The van der Waals surface area contributed by atoms with Gasteiger partial charge in [-0.3, -0.25) is 14.9 Å². The van der Waals surface area contributed by atoms with Gasteiger partial charge in [0.15, 0.2) is 11.5 Å². The fourth-order valence-electron chi connectivity index (χ4n) is 2.37. The average molecular weight is 464 g/mol. The molecule has 9 heteroatoms. The lowest BCUT2D eigenvalue weighted by Gasteiger charge is -2.12. The van der Waals surface area contributed by atoms with Crippen molar-refractivity contribution in [1.29, 1.82) is 0 Å². The van der Waals surface area contributed by atoms with Gasteiger partial charge in [-0.1, -0.05) is 0 Å². The van der Waals surface area contributed by atoms with Gasteiger partial charge in [0.2, 0.25) is 0 Å². The van der Waals surface area contributed by atoms with Crippen molar-refractivity contribution in [3.63, 3.8) is 0 Å². The monoisotopic (exact) mass is 463 g/mol. The topological polar surface area (TPSA) is 90.9 Å². The van der Waals surface area contributed by atoms with E-state index in [1.54, 1.807) is 42.5 Å². The van der Waals surface area contributed by atoms with E-state index in [9.17, 15) is 14.4 Å². The predicted molar refractivity (Wildman–Crippen MR) is 108 cm³/mol. The third kappa shape index (κ3) is 4.37. The molecular formula is C19H14BrNO6S. The lowest BCUT2D eigenvalue weighted by Crippen LogP contribution is -2.17. The van der Waals surface area contributed by atoms with Crippen molar-refractivity contribution in [2.24, 2.45) is 0 Å². The van der Waals surface area contributed by atoms with Gasteiger partial charge in [-0.2, -0.15) is 0 Å². The number of carbonyl (C=O) groups excluding carboxylic acids is 3. The number of esters is 1. The van der Waals surface area contributed by atoms with E-state index >= 15 is 0 Å². The summed E-state index contributed by atoms with van der Waals surface area (Å²) < 4.78 is 16.3. The molecule has 1 heterocycles. The summed E-state index contributed by atoms with van der Waals surface area (Å²) in [6.07, 6.45) is 1.55. The van der Waals surface area contributed by atoms with E-state index in [-0.39, 0.29) is 16.4 Å². The highest BCUT2D eigenvalue weighted by Gasteiger charge is 2.25. The lowest BCUT2D eigenvalue weighted by molar-refractivity contribution is -0.115. The number of hydrogen-bond donors (Lipinski definition) is 1. The first-order chi connectivity index (χ1) is 13.4.